The summed E-state index contributed by atoms with van der Waals surface area (Å²) in [5.74, 6) is -1.23. The van der Waals surface area contributed by atoms with E-state index in [0.717, 1.165) is 12.1 Å². The van der Waals surface area contributed by atoms with Crippen LogP contribution in [0, 0.1) is 12.7 Å². The van der Waals surface area contributed by atoms with Crippen molar-refractivity contribution >= 4 is 25.6 Å². The van der Waals surface area contributed by atoms with E-state index in [1.807, 2.05) is 20.8 Å². The molecule has 0 spiro atoms. The Balaban J connectivity index is 3.40. The van der Waals surface area contributed by atoms with Crippen LogP contribution in [0.3, 0.4) is 0 Å². The van der Waals surface area contributed by atoms with Crippen molar-refractivity contribution in [2.75, 3.05) is 7.05 Å². The van der Waals surface area contributed by atoms with Gasteiger partial charge >= 0.3 is 0 Å². The number of rotatable bonds is 4. The molecule has 7 heteroatoms. The zero-order chi connectivity index (χ0) is 16.6. The fourth-order valence-corrected chi connectivity index (χ4v) is 2.95. The Kier molecular flexibility index (Phi) is 5.05. The lowest BCUT2D eigenvalue weighted by atomic mass is 9.98. The fraction of sp³-hybridized carbons (Fsp3) is 0.500. The van der Waals surface area contributed by atoms with Crippen molar-refractivity contribution in [2.24, 2.45) is 0 Å². The maximum absolute atomic E-state index is 13.9. The molecule has 1 rings (SSSR count). The van der Waals surface area contributed by atoms with Crippen molar-refractivity contribution in [3.8, 4) is 0 Å². The third-order valence-corrected chi connectivity index (χ3v) is 5.33. The van der Waals surface area contributed by atoms with Crippen LogP contribution >= 0.6 is 10.7 Å². The van der Waals surface area contributed by atoms with Crippen molar-refractivity contribution in [3.63, 3.8) is 0 Å². The van der Waals surface area contributed by atoms with E-state index in [2.05, 4.69) is 0 Å². The first-order valence-corrected chi connectivity index (χ1v) is 8.75. The highest BCUT2D eigenvalue weighted by atomic mass is 35.7. The average Bonchev–Trinajstić information content (AvgIpc) is 2.38. The van der Waals surface area contributed by atoms with E-state index in [-0.39, 0.29) is 16.0 Å². The van der Waals surface area contributed by atoms with Crippen LogP contribution in [0.25, 0.3) is 0 Å². The van der Waals surface area contributed by atoms with Gasteiger partial charge < -0.3 is 4.90 Å². The lowest BCUT2D eigenvalue weighted by molar-refractivity contribution is 0.0619. The number of halogens is 2. The van der Waals surface area contributed by atoms with Crippen LogP contribution in [0.15, 0.2) is 17.0 Å². The number of amides is 1. The number of carbonyl (C=O) groups excluding carboxylic acids is 1. The minimum atomic E-state index is -4.12. The van der Waals surface area contributed by atoms with E-state index in [9.17, 15) is 17.6 Å². The van der Waals surface area contributed by atoms with Gasteiger partial charge in [-0.3, -0.25) is 4.79 Å². The molecule has 4 nitrogen and oxygen atoms in total. The van der Waals surface area contributed by atoms with Gasteiger partial charge in [-0.05, 0) is 39.3 Å². The minimum absolute atomic E-state index is 0.0404. The number of hydrogen-bond donors (Lipinski definition) is 0. The zero-order valence-electron chi connectivity index (χ0n) is 12.7. The topological polar surface area (TPSA) is 54.5 Å². The summed E-state index contributed by atoms with van der Waals surface area (Å²) in [6.45, 7) is 6.97. The Morgan fingerprint density at radius 3 is 2.33 bits per heavy atom. The molecule has 0 radical (unpaired) electrons. The van der Waals surface area contributed by atoms with Crippen LogP contribution in [0.1, 0.15) is 43.1 Å². The van der Waals surface area contributed by atoms with Gasteiger partial charge in [-0.1, -0.05) is 6.92 Å². The lowest BCUT2D eigenvalue weighted by Crippen LogP contribution is -2.44. The summed E-state index contributed by atoms with van der Waals surface area (Å²) in [5, 5.41) is 0. The second kappa shape index (κ2) is 5.93. The molecule has 0 atom stereocenters. The van der Waals surface area contributed by atoms with Crippen LogP contribution in [0.4, 0.5) is 4.39 Å². The Morgan fingerprint density at radius 1 is 1.38 bits per heavy atom. The molecule has 21 heavy (non-hydrogen) atoms. The van der Waals surface area contributed by atoms with Crippen molar-refractivity contribution in [3.05, 3.63) is 29.1 Å². The zero-order valence-corrected chi connectivity index (χ0v) is 14.3. The van der Waals surface area contributed by atoms with E-state index >= 15 is 0 Å². The standard InChI is InChI=1S/C14H19ClFNO3S/c1-6-14(3,4)17(5)13(18)10-7-11(16)9(2)12(8-10)21(15,19)20/h7-8H,6H2,1-5H3. The average molecular weight is 336 g/mol. The van der Waals surface area contributed by atoms with Crippen molar-refractivity contribution in [2.45, 2.75) is 44.6 Å². The molecule has 0 N–H and O–H groups in total. The van der Waals surface area contributed by atoms with Crippen molar-refractivity contribution < 1.29 is 17.6 Å². The third kappa shape index (κ3) is 3.74. The molecular weight excluding hydrogens is 317 g/mol. The van der Waals surface area contributed by atoms with E-state index in [0.29, 0.717) is 6.42 Å². The molecule has 1 aromatic rings. The summed E-state index contributed by atoms with van der Waals surface area (Å²) < 4.78 is 36.8. The summed E-state index contributed by atoms with van der Waals surface area (Å²) in [5.41, 5.74) is -0.571. The molecule has 0 aliphatic heterocycles. The normalized spacial score (nSPS) is 12.3. The quantitative estimate of drug-likeness (QED) is 0.793. The lowest BCUT2D eigenvalue weighted by Gasteiger charge is -2.35. The smallest absolute Gasteiger partial charge is 0.261 e. The van der Waals surface area contributed by atoms with Crippen LogP contribution in [0.5, 0.6) is 0 Å². The molecule has 0 bridgehead atoms. The van der Waals surface area contributed by atoms with Gasteiger partial charge in [-0.15, -0.1) is 0 Å². The van der Waals surface area contributed by atoms with Gasteiger partial charge in [0.2, 0.25) is 0 Å². The molecule has 1 amide bonds. The predicted molar refractivity (Wildman–Crippen MR) is 80.6 cm³/mol. The summed E-state index contributed by atoms with van der Waals surface area (Å²) in [6.07, 6.45) is 0.699. The number of benzene rings is 1. The second-order valence-corrected chi connectivity index (χ2v) is 8.08. The van der Waals surface area contributed by atoms with Crippen LogP contribution in [-0.4, -0.2) is 31.8 Å². The predicted octanol–water partition coefficient (Wildman–Crippen LogP) is 3.32. The first kappa shape index (κ1) is 17.9. The van der Waals surface area contributed by atoms with Crippen molar-refractivity contribution in [1.82, 2.24) is 4.90 Å². The number of carbonyl (C=O) groups is 1. The van der Waals surface area contributed by atoms with E-state index in [1.54, 1.807) is 7.05 Å². The van der Waals surface area contributed by atoms with Gasteiger partial charge in [0, 0.05) is 34.4 Å². The largest absolute Gasteiger partial charge is 0.337 e. The molecule has 0 unspecified atom stereocenters. The van der Waals surface area contributed by atoms with E-state index in [1.165, 1.54) is 11.8 Å². The SMILES string of the molecule is CCC(C)(C)N(C)C(=O)c1cc(F)c(C)c(S(=O)(=O)Cl)c1. The summed E-state index contributed by atoms with van der Waals surface area (Å²) in [7, 11) is 2.77. The highest BCUT2D eigenvalue weighted by Crippen LogP contribution is 2.26. The molecule has 0 aliphatic rings. The summed E-state index contributed by atoms with van der Waals surface area (Å²) >= 11 is 0. The van der Waals surface area contributed by atoms with Gasteiger partial charge in [0.25, 0.3) is 15.0 Å². The molecule has 0 heterocycles. The fourth-order valence-electron chi connectivity index (χ4n) is 1.74. The van der Waals surface area contributed by atoms with Gasteiger partial charge in [0.05, 0.1) is 4.90 Å². The van der Waals surface area contributed by atoms with Gasteiger partial charge in [-0.2, -0.15) is 0 Å². The van der Waals surface area contributed by atoms with Crippen molar-refractivity contribution in [1.29, 1.82) is 0 Å². The summed E-state index contributed by atoms with van der Waals surface area (Å²) in [6, 6.07) is 2.15. The number of hydrogen-bond acceptors (Lipinski definition) is 3. The minimum Gasteiger partial charge on any atom is -0.337 e. The van der Waals surface area contributed by atoms with Gasteiger partial charge in [0.15, 0.2) is 0 Å². The number of nitrogens with zero attached hydrogens (tertiary/aromatic N) is 1. The van der Waals surface area contributed by atoms with Crippen LogP contribution in [0.2, 0.25) is 0 Å². The molecular formula is C14H19ClFNO3S. The second-order valence-electron chi connectivity index (χ2n) is 5.55. The molecule has 0 saturated carbocycles. The first-order valence-electron chi connectivity index (χ1n) is 6.44. The highest BCUT2D eigenvalue weighted by Gasteiger charge is 2.28. The van der Waals surface area contributed by atoms with E-state index < -0.39 is 26.3 Å². The molecule has 0 aliphatic carbocycles. The van der Waals surface area contributed by atoms with Crippen LogP contribution < -0.4 is 0 Å². The first-order chi connectivity index (χ1) is 9.41. The molecule has 0 fully saturated rings. The Morgan fingerprint density at radius 2 is 1.90 bits per heavy atom. The highest BCUT2D eigenvalue weighted by molar-refractivity contribution is 8.13. The molecule has 1 aromatic carbocycles. The Bertz CT molecular complexity index is 671. The maximum Gasteiger partial charge on any atom is 0.261 e. The maximum atomic E-state index is 13.9. The van der Waals surface area contributed by atoms with Crippen LogP contribution in [-0.2, 0) is 9.05 Å². The Labute approximate surface area is 129 Å². The monoisotopic (exact) mass is 335 g/mol. The third-order valence-electron chi connectivity index (χ3n) is 3.88. The molecule has 0 saturated heterocycles. The van der Waals surface area contributed by atoms with E-state index in [4.69, 9.17) is 10.7 Å². The van der Waals surface area contributed by atoms with Gasteiger partial charge in [-0.25, -0.2) is 12.8 Å². The van der Waals surface area contributed by atoms with Gasteiger partial charge in [0.1, 0.15) is 5.82 Å². The molecule has 0 aromatic heterocycles. The molecule has 118 valence electrons. The Hall–Kier alpha value is -1.14. The summed E-state index contributed by atoms with van der Waals surface area (Å²) in [4.78, 5) is 13.5.